The second kappa shape index (κ2) is 9.34. The van der Waals surface area contributed by atoms with E-state index in [1.165, 1.54) is 12.8 Å². The van der Waals surface area contributed by atoms with E-state index in [9.17, 15) is 0 Å². The van der Waals surface area contributed by atoms with Gasteiger partial charge in [0.1, 0.15) is 11.5 Å². The minimum atomic E-state index is 0.365. The smallest absolute Gasteiger partial charge is 0.193 e. The Kier molecular flexibility index (Phi) is 7.14. The van der Waals surface area contributed by atoms with Gasteiger partial charge in [0.05, 0.1) is 33.1 Å². The molecule has 1 aliphatic rings. The standard InChI is InChI=1S/C17H28N4O3/c1-22-11-10-21(13-4-5-13)9-8-19-17(18)20-15-12-14(23-2)6-7-16(15)24-3/h6-7,12-13H,4-5,8-11H2,1-3H3,(H3,18,19,20). The van der Waals surface area contributed by atoms with Crippen molar-refractivity contribution in [2.75, 3.05) is 52.9 Å². The number of hydrogen-bond acceptors (Lipinski definition) is 5. The summed E-state index contributed by atoms with van der Waals surface area (Å²) in [5, 5.41) is 3.08. The number of aliphatic imine (C=N–C) groups is 1. The molecule has 1 aromatic rings. The molecule has 1 fully saturated rings. The van der Waals surface area contributed by atoms with E-state index in [0.29, 0.717) is 24.3 Å². The van der Waals surface area contributed by atoms with Gasteiger partial charge < -0.3 is 25.3 Å². The van der Waals surface area contributed by atoms with Crippen LogP contribution in [0.4, 0.5) is 5.69 Å². The molecule has 0 atom stereocenters. The first-order valence-electron chi connectivity index (χ1n) is 8.20. The molecule has 1 saturated carbocycles. The largest absolute Gasteiger partial charge is 0.497 e. The van der Waals surface area contributed by atoms with Gasteiger partial charge in [0, 0.05) is 32.3 Å². The van der Waals surface area contributed by atoms with Gasteiger partial charge in [-0.15, -0.1) is 0 Å². The van der Waals surface area contributed by atoms with Crippen LogP contribution in [0.3, 0.4) is 0 Å². The average Bonchev–Trinajstić information content (AvgIpc) is 3.42. The van der Waals surface area contributed by atoms with Crippen molar-refractivity contribution >= 4 is 11.6 Å². The quantitative estimate of drug-likeness (QED) is 0.498. The Labute approximate surface area is 143 Å². The van der Waals surface area contributed by atoms with E-state index >= 15 is 0 Å². The van der Waals surface area contributed by atoms with Crippen molar-refractivity contribution in [3.05, 3.63) is 18.2 Å². The van der Waals surface area contributed by atoms with Crippen LogP contribution < -0.4 is 20.5 Å². The molecule has 0 radical (unpaired) electrons. The fourth-order valence-corrected chi connectivity index (χ4v) is 2.51. The SMILES string of the molecule is COCCN(CCN=C(N)Nc1cc(OC)ccc1OC)C1CC1. The highest BCUT2D eigenvalue weighted by Crippen LogP contribution is 2.28. The summed E-state index contributed by atoms with van der Waals surface area (Å²) >= 11 is 0. The van der Waals surface area contributed by atoms with Crippen molar-refractivity contribution in [2.45, 2.75) is 18.9 Å². The lowest BCUT2D eigenvalue weighted by Gasteiger charge is -2.20. The molecule has 7 heteroatoms. The molecule has 0 aromatic heterocycles. The number of methoxy groups -OCH3 is 3. The summed E-state index contributed by atoms with van der Waals surface area (Å²) in [7, 11) is 4.96. The van der Waals surface area contributed by atoms with Crippen molar-refractivity contribution in [3.8, 4) is 11.5 Å². The summed E-state index contributed by atoms with van der Waals surface area (Å²) in [5.74, 6) is 1.78. The van der Waals surface area contributed by atoms with Crippen LogP contribution in [-0.4, -0.2) is 64.5 Å². The summed E-state index contributed by atoms with van der Waals surface area (Å²) in [6.45, 7) is 3.21. The van der Waals surface area contributed by atoms with Crippen LogP contribution in [0.25, 0.3) is 0 Å². The third-order valence-corrected chi connectivity index (χ3v) is 3.98. The second-order valence-corrected chi connectivity index (χ2v) is 5.72. The second-order valence-electron chi connectivity index (χ2n) is 5.72. The lowest BCUT2D eigenvalue weighted by Crippen LogP contribution is -2.33. The van der Waals surface area contributed by atoms with Crippen LogP contribution in [0.5, 0.6) is 11.5 Å². The maximum absolute atomic E-state index is 6.00. The molecule has 134 valence electrons. The van der Waals surface area contributed by atoms with Crippen LogP contribution in [0.2, 0.25) is 0 Å². The van der Waals surface area contributed by atoms with Crippen LogP contribution in [0, 0.1) is 0 Å². The molecule has 1 aromatic carbocycles. The van der Waals surface area contributed by atoms with E-state index in [1.807, 2.05) is 18.2 Å². The van der Waals surface area contributed by atoms with Gasteiger partial charge in [0.15, 0.2) is 5.96 Å². The van der Waals surface area contributed by atoms with Crippen LogP contribution >= 0.6 is 0 Å². The van der Waals surface area contributed by atoms with E-state index in [-0.39, 0.29) is 0 Å². The van der Waals surface area contributed by atoms with Gasteiger partial charge in [-0.3, -0.25) is 9.89 Å². The normalized spacial score (nSPS) is 14.8. The van der Waals surface area contributed by atoms with E-state index in [0.717, 1.165) is 31.1 Å². The molecule has 7 nitrogen and oxygen atoms in total. The van der Waals surface area contributed by atoms with Crippen LogP contribution in [0.15, 0.2) is 23.2 Å². The Morgan fingerprint density at radius 3 is 2.67 bits per heavy atom. The molecule has 2 rings (SSSR count). The molecule has 1 aliphatic carbocycles. The molecule has 0 unspecified atom stereocenters. The van der Waals surface area contributed by atoms with Gasteiger partial charge in [-0.1, -0.05) is 0 Å². The Morgan fingerprint density at radius 2 is 2.04 bits per heavy atom. The molecular formula is C17H28N4O3. The summed E-state index contributed by atoms with van der Waals surface area (Å²) in [6.07, 6.45) is 2.53. The third-order valence-electron chi connectivity index (χ3n) is 3.98. The highest BCUT2D eigenvalue weighted by atomic mass is 16.5. The highest BCUT2D eigenvalue weighted by Gasteiger charge is 2.28. The van der Waals surface area contributed by atoms with E-state index in [1.54, 1.807) is 21.3 Å². The average molecular weight is 336 g/mol. The summed E-state index contributed by atoms with van der Waals surface area (Å²) in [6, 6.07) is 6.17. The number of hydrogen-bond donors (Lipinski definition) is 2. The van der Waals surface area contributed by atoms with Crippen molar-refractivity contribution < 1.29 is 14.2 Å². The Balaban J connectivity index is 1.89. The van der Waals surface area contributed by atoms with Gasteiger partial charge in [-0.05, 0) is 25.0 Å². The molecule has 0 bridgehead atoms. The van der Waals surface area contributed by atoms with Gasteiger partial charge in [-0.25, -0.2) is 0 Å². The molecular weight excluding hydrogens is 308 g/mol. The lowest BCUT2D eigenvalue weighted by atomic mass is 10.2. The Morgan fingerprint density at radius 1 is 1.25 bits per heavy atom. The minimum absolute atomic E-state index is 0.365. The first-order valence-corrected chi connectivity index (χ1v) is 8.20. The maximum Gasteiger partial charge on any atom is 0.193 e. The zero-order valence-corrected chi connectivity index (χ0v) is 14.7. The van der Waals surface area contributed by atoms with Crippen LogP contribution in [-0.2, 0) is 4.74 Å². The number of benzene rings is 1. The van der Waals surface area contributed by atoms with E-state index < -0.39 is 0 Å². The third kappa shape index (κ3) is 5.58. The molecule has 0 spiro atoms. The first kappa shape index (κ1) is 18.4. The number of nitrogens with zero attached hydrogens (tertiary/aromatic N) is 2. The van der Waals surface area contributed by atoms with Crippen molar-refractivity contribution in [3.63, 3.8) is 0 Å². The number of rotatable bonds is 10. The number of ether oxygens (including phenoxy) is 3. The zero-order chi connectivity index (χ0) is 17.4. The van der Waals surface area contributed by atoms with Crippen molar-refractivity contribution in [1.29, 1.82) is 0 Å². The maximum atomic E-state index is 6.00. The van der Waals surface area contributed by atoms with Gasteiger partial charge in [-0.2, -0.15) is 0 Å². The highest BCUT2D eigenvalue weighted by molar-refractivity contribution is 5.94. The Hall–Kier alpha value is -1.99. The minimum Gasteiger partial charge on any atom is -0.497 e. The number of anilines is 1. The molecule has 0 aliphatic heterocycles. The topological polar surface area (TPSA) is 81.3 Å². The number of nitrogens with one attached hydrogen (secondary N) is 1. The summed E-state index contributed by atoms with van der Waals surface area (Å²) in [4.78, 5) is 6.82. The fourth-order valence-electron chi connectivity index (χ4n) is 2.51. The summed E-state index contributed by atoms with van der Waals surface area (Å²) < 4.78 is 15.7. The molecule has 0 saturated heterocycles. The summed E-state index contributed by atoms with van der Waals surface area (Å²) in [5.41, 5.74) is 6.73. The van der Waals surface area contributed by atoms with Gasteiger partial charge in [0.25, 0.3) is 0 Å². The predicted molar refractivity (Wildman–Crippen MR) is 96.1 cm³/mol. The fraction of sp³-hybridized carbons (Fsp3) is 0.588. The molecule has 0 heterocycles. The van der Waals surface area contributed by atoms with Crippen molar-refractivity contribution in [1.82, 2.24) is 4.90 Å². The van der Waals surface area contributed by atoms with Gasteiger partial charge in [0.2, 0.25) is 0 Å². The number of guanidine groups is 1. The van der Waals surface area contributed by atoms with Crippen molar-refractivity contribution in [2.24, 2.45) is 10.7 Å². The predicted octanol–water partition coefficient (Wildman–Crippen LogP) is 1.54. The van der Waals surface area contributed by atoms with Gasteiger partial charge >= 0.3 is 0 Å². The molecule has 3 N–H and O–H groups in total. The lowest BCUT2D eigenvalue weighted by molar-refractivity contribution is 0.145. The van der Waals surface area contributed by atoms with Crippen LogP contribution in [0.1, 0.15) is 12.8 Å². The zero-order valence-electron chi connectivity index (χ0n) is 14.7. The Bertz CT molecular complexity index is 547. The van der Waals surface area contributed by atoms with E-state index in [2.05, 4.69) is 15.2 Å². The monoisotopic (exact) mass is 336 g/mol. The number of nitrogens with two attached hydrogens (primary N) is 1. The molecule has 0 amide bonds. The molecule has 24 heavy (non-hydrogen) atoms. The van der Waals surface area contributed by atoms with E-state index in [4.69, 9.17) is 19.9 Å². The first-order chi connectivity index (χ1) is 11.7.